The molecular formula is C18H16N4O2. The minimum atomic E-state index is -0.467. The van der Waals surface area contributed by atoms with Crippen molar-refractivity contribution in [2.75, 3.05) is 0 Å². The summed E-state index contributed by atoms with van der Waals surface area (Å²) in [5.41, 5.74) is 6.71. The van der Waals surface area contributed by atoms with Gasteiger partial charge in [0.25, 0.3) is 5.91 Å². The monoisotopic (exact) mass is 320 g/mol. The molecule has 0 fully saturated rings. The van der Waals surface area contributed by atoms with Gasteiger partial charge in [-0.3, -0.25) is 20.4 Å². The number of nitrogens with one attached hydrogen (secondary N) is 2. The van der Waals surface area contributed by atoms with Gasteiger partial charge in [0, 0.05) is 6.20 Å². The van der Waals surface area contributed by atoms with Gasteiger partial charge >= 0.3 is 0 Å². The van der Waals surface area contributed by atoms with Crippen LogP contribution in [-0.4, -0.2) is 21.6 Å². The fourth-order valence-electron chi connectivity index (χ4n) is 2.19. The van der Waals surface area contributed by atoms with E-state index in [1.807, 2.05) is 60.7 Å². The molecule has 2 N–H and O–H groups in total. The van der Waals surface area contributed by atoms with Gasteiger partial charge in [-0.1, -0.05) is 48.5 Å². The van der Waals surface area contributed by atoms with Crippen LogP contribution in [0, 0.1) is 0 Å². The number of para-hydroxylation sites is 1. The molecule has 0 aliphatic heterocycles. The minimum absolute atomic E-state index is 0.194. The molecule has 3 rings (SSSR count). The fraction of sp³-hybridized carbons (Fsp3) is 0.0556. The van der Waals surface area contributed by atoms with Gasteiger partial charge in [0.1, 0.15) is 0 Å². The van der Waals surface area contributed by atoms with E-state index in [0.29, 0.717) is 0 Å². The van der Waals surface area contributed by atoms with Gasteiger partial charge in [0.2, 0.25) is 5.91 Å². The third-order valence-electron chi connectivity index (χ3n) is 3.37. The van der Waals surface area contributed by atoms with Crippen molar-refractivity contribution in [1.29, 1.82) is 0 Å². The average Bonchev–Trinajstić information content (AvgIpc) is 3.11. The first-order valence-corrected chi connectivity index (χ1v) is 7.46. The molecule has 24 heavy (non-hydrogen) atoms. The molecule has 1 aromatic heterocycles. The van der Waals surface area contributed by atoms with E-state index >= 15 is 0 Å². The summed E-state index contributed by atoms with van der Waals surface area (Å²) in [7, 11) is 0. The molecule has 0 aliphatic rings. The van der Waals surface area contributed by atoms with Gasteiger partial charge in [-0.05, 0) is 23.8 Å². The van der Waals surface area contributed by atoms with Crippen LogP contribution in [0.25, 0.3) is 5.69 Å². The van der Waals surface area contributed by atoms with Crippen LogP contribution >= 0.6 is 0 Å². The molecule has 120 valence electrons. The van der Waals surface area contributed by atoms with Crippen LogP contribution in [0.4, 0.5) is 0 Å². The number of hydrogen-bond donors (Lipinski definition) is 2. The van der Waals surface area contributed by atoms with E-state index in [-0.39, 0.29) is 18.0 Å². The maximum atomic E-state index is 12.0. The molecule has 6 nitrogen and oxygen atoms in total. The highest BCUT2D eigenvalue weighted by Gasteiger charge is 2.11. The zero-order chi connectivity index (χ0) is 16.8. The molecule has 0 spiro atoms. The molecule has 1 heterocycles. The highest BCUT2D eigenvalue weighted by molar-refractivity contribution is 5.93. The Morgan fingerprint density at radius 1 is 0.875 bits per heavy atom. The molecule has 0 saturated carbocycles. The number of benzene rings is 2. The van der Waals surface area contributed by atoms with E-state index in [1.165, 1.54) is 0 Å². The first-order chi connectivity index (χ1) is 11.7. The Balaban J connectivity index is 1.56. The minimum Gasteiger partial charge on any atom is -0.273 e. The summed E-state index contributed by atoms with van der Waals surface area (Å²) in [6.45, 7) is 0. The third-order valence-corrected chi connectivity index (χ3v) is 3.37. The zero-order valence-corrected chi connectivity index (χ0v) is 12.8. The van der Waals surface area contributed by atoms with Gasteiger partial charge in [0.05, 0.1) is 12.1 Å². The summed E-state index contributed by atoms with van der Waals surface area (Å²) in [5, 5.41) is 4.20. The number of hydrogen-bond acceptors (Lipinski definition) is 3. The van der Waals surface area contributed by atoms with Crippen molar-refractivity contribution in [3.8, 4) is 5.69 Å². The van der Waals surface area contributed by atoms with Crippen molar-refractivity contribution in [3.05, 3.63) is 84.2 Å². The zero-order valence-electron chi connectivity index (χ0n) is 12.8. The largest absolute Gasteiger partial charge is 0.290 e. The Morgan fingerprint density at radius 2 is 1.54 bits per heavy atom. The predicted molar refractivity (Wildman–Crippen MR) is 89.3 cm³/mol. The van der Waals surface area contributed by atoms with Gasteiger partial charge in [-0.2, -0.15) is 5.10 Å². The maximum absolute atomic E-state index is 12.0. The number of amides is 2. The molecule has 2 amide bonds. The van der Waals surface area contributed by atoms with Crippen molar-refractivity contribution in [2.45, 2.75) is 6.42 Å². The lowest BCUT2D eigenvalue weighted by atomic mass is 10.1. The molecule has 0 radical (unpaired) electrons. The lowest BCUT2D eigenvalue weighted by Gasteiger charge is -2.06. The Labute approximate surface area is 139 Å². The molecule has 0 atom stereocenters. The molecule has 2 aromatic carbocycles. The van der Waals surface area contributed by atoms with Crippen LogP contribution in [0.2, 0.25) is 0 Å². The molecule has 3 aromatic rings. The van der Waals surface area contributed by atoms with Gasteiger partial charge < -0.3 is 0 Å². The Hall–Kier alpha value is -3.41. The first-order valence-electron chi connectivity index (χ1n) is 7.46. The van der Waals surface area contributed by atoms with Crippen molar-refractivity contribution >= 4 is 11.8 Å². The van der Waals surface area contributed by atoms with Crippen molar-refractivity contribution in [1.82, 2.24) is 20.6 Å². The van der Waals surface area contributed by atoms with E-state index in [1.54, 1.807) is 16.9 Å². The van der Waals surface area contributed by atoms with E-state index in [2.05, 4.69) is 16.0 Å². The highest BCUT2D eigenvalue weighted by Crippen LogP contribution is 2.06. The topological polar surface area (TPSA) is 76.0 Å². The summed E-state index contributed by atoms with van der Waals surface area (Å²) in [6, 6.07) is 20.3. The molecule has 0 aliphatic carbocycles. The van der Waals surface area contributed by atoms with Crippen LogP contribution < -0.4 is 10.9 Å². The molecule has 0 unspecified atom stereocenters. The Kier molecular flexibility index (Phi) is 4.67. The Bertz CT molecular complexity index is 828. The van der Waals surface area contributed by atoms with Crippen LogP contribution in [0.15, 0.2) is 72.9 Å². The lowest BCUT2D eigenvalue weighted by Crippen LogP contribution is -2.42. The smallest absolute Gasteiger partial charge is 0.273 e. The van der Waals surface area contributed by atoms with Gasteiger partial charge in [-0.25, -0.2) is 4.68 Å². The SMILES string of the molecule is O=C(Cc1ccccc1)NNC(=O)c1ccn(-c2ccccc2)n1. The highest BCUT2D eigenvalue weighted by atomic mass is 16.2. The van der Waals surface area contributed by atoms with E-state index in [4.69, 9.17) is 0 Å². The van der Waals surface area contributed by atoms with Crippen LogP contribution in [0.3, 0.4) is 0 Å². The van der Waals surface area contributed by atoms with Gasteiger partial charge in [0.15, 0.2) is 5.69 Å². The summed E-state index contributed by atoms with van der Waals surface area (Å²) in [5.74, 6) is -0.761. The summed E-state index contributed by atoms with van der Waals surface area (Å²) in [6.07, 6.45) is 1.88. The molecule has 6 heteroatoms. The standard InChI is InChI=1S/C18H16N4O2/c23-17(13-14-7-3-1-4-8-14)19-20-18(24)16-11-12-22(21-16)15-9-5-2-6-10-15/h1-12H,13H2,(H,19,23)(H,20,24). The quantitative estimate of drug-likeness (QED) is 0.721. The predicted octanol–water partition coefficient (Wildman–Crippen LogP) is 1.88. The maximum Gasteiger partial charge on any atom is 0.290 e. The number of aromatic nitrogens is 2. The van der Waals surface area contributed by atoms with Gasteiger partial charge in [-0.15, -0.1) is 0 Å². The first kappa shape index (κ1) is 15.5. The fourth-order valence-corrected chi connectivity index (χ4v) is 2.19. The van der Waals surface area contributed by atoms with E-state index < -0.39 is 5.91 Å². The van der Waals surface area contributed by atoms with Crippen LogP contribution in [-0.2, 0) is 11.2 Å². The number of rotatable bonds is 4. The van der Waals surface area contributed by atoms with E-state index in [0.717, 1.165) is 11.3 Å². The number of carbonyl (C=O) groups excluding carboxylic acids is 2. The Morgan fingerprint density at radius 3 is 2.25 bits per heavy atom. The van der Waals surface area contributed by atoms with Crippen molar-refractivity contribution < 1.29 is 9.59 Å². The van der Waals surface area contributed by atoms with Crippen molar-refractivity contribution in [3.63, 3.8) is 0 Å². The second-order valence-corrected chi connectivity index (χ2v) is 5.15. The van der Waals surface area contributed by atoms with Crippen molar-refractivity contribution in [2.24, 2.45) is 0 Å². The molecule has 0 saturated heterocycles. The number of hydrazine groups is 1. The third kappa shape index (κ3) is 3.86. The second kappa shape index (κ2) is 7.23. The van der Waals surface area contributed by atoms with Crippen LogP contribution in [0.5, 0.6) is 0 Å². The van der Waals surface area contributed by atoms with E-state index in [9.17, 15) is 9.59 Å². The molecular weight excluding hydrogens is 304 g/mol. The normalized spacial score (nSPS) is 10.2. The number of carbonyl (C=O) groups is 2. The number of nitrogens with zero attached hydrogens (tertiary/aromatic N) is 2. The summed E-state index contributed by atoms with van der Waals surface area (Å²) >= 11 is 0. The molecule has 0 bridgehead atoms. The lowest BCUT2D eigenvalue weighted by molar-refractivity contribution is -0.121. The van der Waals surface area contributed by atoms with Crippen LogP contribution in [0.1, 0.15) is 16.1 Å². The second-order valence-electron chi connectivity index (χ2n) is 5.15. The summed E-state index contributed by atoms with van der Waals surface area (Å²) in [4.78, 5) is 23.9. The average molecular weight is 320 g/mol. The summed E-state index contributed by atoms with van der Waals surface area (Å²) < 4.78 is 1.60.